The number of aromatic nitrogens is 2. The summed E-state index contributed by atoms with van der Waals surface area (Å²) in [6.45, 7) is 7.03. The Labute approximate surface area is 149 Å². The number of imidazole rings is 1. The van der Waals surface area contributed by atoms with Gasteiger partial charge in [0.25, 0.3) is 0 Å². The predicted molar refractivity (Wildman–Crippen MR) is 99.7 cm³/mol. The Hall–Kier alpha value is -0.0313. The summed E-state index contributed by atoms with van der Waals surface area (Å²) in [7, 11) is 0. The van der Waals surface area contributed by atoms with Crippen LogP contribution in [0.3, 0.4) is 0 Å². The average molecular weight is 425 g/mol. The summed E-state index contributed by atoms with van der Waals surface area (Å²) >= 11 is 1.45. The van der Waals surface area contributed by atoms with Crippen LogP contribution in [0, 0.1) is 0 Å². The van der Waals surface area contributed by atoms with E-state index in [1.807, 2.05) is 23.9 Å². The van der Waals surface area contributed by atoms with Crippen molar-refractivity contribution in [2.75, 3.05) is 0 Å². The normalized spacial score (nSPS) is 12.3. The van der Waals surface area contributed by atoms with Gasteiger partial charge < -0.3 is 0 Å². The van der Waals surface area contributed by atoms with Crippen LogP contribution >= 0.6 is 11.3 Å². The standard InChI is InChI=1S/C13H27.C5H3N2S.Sn/c1-4-7-10-13(11-8-5-2)12-9-6-3;1-2-8-5-3-6-4-7(1)5;/h4-12H2,1-3H3;1,3-4H;. The number of fused-ring (bicyclic) bond motifs is 1. The van der Waals surface area contributed by atoms with Gasteiger partial charge in [0.2, 0.25) is 0 Å². The first-order valence-electron chi connectivity index (χ1n) is 8.92. The molecule has 0 aliphatic carbocycles. The SMILES string of the molecule is CCCC[C](CCCC)(CCCC)[Sn][c]1cn2cncc2s1. The third-order valence-electron chi connectivity index (χ3n) is 4.52. The summed E-state index contributed by atoms with van der Waals surface area (Å²) in [5.41, 5.74) is 0. The number of hydrogen-bond acceptors (Lipinski definition) is 2. The van der Waals surface area contributed by atoms with Gasteiger partial charge in [-0.05, 0) is 0 Å². The van der Waals surface area contributed by atoms with Crippen molar-refractivity contribution in [2.45, 2.75) is 82.0 Å². The van der Waals surface area contributed by atoms with E-state index < -0.39 is 21.1 Å². The van der Waals surface area contributed by atoms with E-state index in [2.05, 4.69) is 36.4 Å². The second-order valence-electron chi connectivity index (χ2n) is 6.45. The molecule has 2 heterocycles. The number of nitrogens with zero attached hydrogens (tertiary/aromatic N) is 2. The molecule has 0 N–H and O–H groups in total. The van der Waals surface area contributed by atoms with Crippen LogP contribution < -0.4 is 2.89 Å². The van der Waals surface area contributed by atoms with Crippen LogP contribution in [0.1, 0.15) is 78.6 Å². The number of hydrogen-bond donors (Lipinski definition) is 0. The Balaban J connectivity index is 2.16. The summed E-state index contributed by atoms with van der Waals surface area (Å²) in [5, 5.41) is 0. The fraction of sp³-hybridized carbons (Fsp3) is 0.722. The van der Waals surface area contributed by atoms with Crippen molar-refractivity contribution < 1.29 is 0 Å². The van der Waals surface area contributed by atoms with Crippen molar-refractivity contribution >= 4 is 40.2 Å². The molecule has 0 fully saturated rings. The van der Waals surface area contributed by atoms with Crippen molar-refractivity contribution in [2.24, 2.45) is 0 Å². The molecule has 0 atom stereocenters. The molecule has 2 rings (SSSR count). The Kier molecular flexibility index (Phi) is 7.75. The monoisotopic (exact) mass is 426 g/mol. The maximum atomic E-state index is 4.24. The molecule has 2 radical (unpaired) electrons. The van der Waals surface area contributed by atoms with E-state index in [0.29, 0.717) is 3.43 Å². The number of rotatable bonds is 11. The van der Waals surface area contributed by atoms with Crippen LogP contribution in [0.2, 0.25) is 3.43 Å². The van der Waals surface area contributed by atoms with Gasteiger partial charge in [0.05, 0.1) is 0 Å². The minimum atomic E-state index is -0.559. The topological polar surface area (TPSA) is 17.3 Å². The minimum absolute atomic E-state index is 0.559. The Morgan fingerprint density at radius 3 is 2.14 bits per heavy atom. The average Bonchev–Trinajstić information content (AvgIpc) is 3.09. The Bertz CT molecular complexity index is 496. The Morgan fingerprint density at radius 1 is 1.05 bits per heavy atom. The third-order valence-corrected chi connectivity index (χ3v) is 11.7. The molecule has 0 amide bonds. The zero-order valence-electron chi connectivity index (χ0n) is 14.4. The summed E-state index contributed by atoms with van der Waals surface area (Å²) < 4.78 is 4.64. The van der Waals surface area contributed by atoms with E-state index in [9.17, 15) is 0 Å². The summed E-state index contributed by atoms with van der Waals surface area (Å²) in [4.78, 5) is 5.57. The zero-order chi connectivity index (χ0) is 15.8. The zero-order valence-corrected chi connectivity index (χ0v) is 18.1. The quantitative estimate of drug-likeness (QED) is 0.438. The van der Waals surface area contributed by atoms with Gasteiger partial charge in [-0.2, -0.15) is 0 Å². The Morgan fingerprint density at radius 2 is 1.64 bits per heavy atom. The molecule has 0 bridgehead atoms. The van der Waals surface area contributed by atoms with Crippen LogP contribution in [-0.4, -0.2) is 30.5 Å². The van der Waals surface area contributed by atoms with E-state index in [4.69, 9.17) is 0 Å². The molecular weight excluding hydrogens is 395 g/mol. The van der Waals surface area contributed by atoms with Gasteiger partial charge in [-0.1, -0.05) is 0 Å². The summed E-state index contributed by atoms with van der Waals surface area (Å²) in [6, 6.07) is 0. The molecule has 2 aromatic heterocycles. The molecule has 2 aromatic rings. The molecule has 0 unspecified atom stereocenters. The fourth-order valence-corrected chi connectivity index (χ4v) is 11.4. The van der Waals surface area contributed by atoms with Crippen molar-refractivity contribution in [1.29, 1.82) is 0 Å². The molecule has 0 aliphatic rings. The van der Waals surface area contributed by atoms with Gasteiger partial charge >= 0.3 is 150 Å². The van der Waals surface area contributed by atoms with Gasteiger partial charge in [0, 0.05) is 0 Å². The van der Waals surface area contributed by atoms with Crippen LogP contribution in [0.4, 0.5) is 0 Å². The molecule has 0 saturated heterocycles. The van der Waals surface area contributed by atoms with E-state index in [0.717, 1.165) is 0 Å². The van der Waals surface area contributed by atoms with Crippen molar-refractivity contribution in [1.82, 2.24) is 9.38 Å². The van der Waals surface area contributed by atoms with E-state index in [1.54, 1.807) is 2.89 Å². The molecule has 0 spiro atoms. The molecule has 122 valence electrons. The molecule has 0 aromatic carbocycles. The second kappa shape index (κ2) is 9.31. The molecule has 2 nitrogen and oxygen atoms in total. The number of thiazole rings is 1. The van der Waals surface area contributed by atoms with Crippen LogP contribution in [0.5, 0.6) is 0 Å². The van der Waals surface area contributed by atoms with Crippen molar-refractivity contribution in [3.8, 4) is 0 Å². The molecule has 0 aliphatic heterocycles. The van der Waals surface area contributed by atoms with Crippen molar-refractivity contribution in [3.05, 3.63) is 18.7 Å². The molecule has 22 heavy (non-hydrogen) atoms. The van der Waals surface area contributed by atoms with Gasteiger partial charge in [0.15, 0.2) is 0 Å². The van der Waals surface area contributed by atoms with E-state index in [1.165, 1.54) is 62.6 Å². The van der Waals surface area contributed by atoms with Gasteiger partial charge in [-0.3, -0.25) is 0 Å². The molecule has 4 heteroatoms. The predicted octanol–water partition coefficient (Wildman–Crippen LogP) is 5.45. The van der Waals surface area contributed by atoms with Gasteiger partial charge in [0.1, 0.15) is 0 Å². The van der Waals surface area contributed by atoms with Crippen LogP contribution in [0.25, 0.3) is 4.83 Å². The number of unbranched alkanes of at least 4 members (excludes halogenated alkanes) is 3. The molecular formula is C18H30N2SSn. The summed E-state index contributed by atoms with van der Waals surface area (Å²) in [6.07, 6.45) is 19.1. The van der Waals surface area contributed by atoms with Crippen LogP contribution in [-0.2, 0) is 0 Å². The maximum absolute atomic E-state index is 4.24. The third kappa shape index (κ3) is 4.98. The van der Waals surface area contributed by atoms with Gasteiger partial charge in [-0.15, -0.1) is 0 Å². The van der Waals surface area contributed by atoms with E-state index in [-0.39, 0.29) is 0 Å². The molecule has 0 saturated carbocycles. The first-order chi connectivity index (χ1) is 10.7. The van der Waals surface area contributed by atoms with Crippen LogP contribution in [0.15, 0.2) is 18.7 Å². The van der Waals surface area contributed by atoms with Gasteiger partial charge in [-0.25, -0.2) is 0 Å². The first-order valence-corrected chi connectivity index (χ1v) is 12.6. The fourth-order valence-electron chi connectivity index (χ4n) is 3.16. The van der Waals surface area contributed by atoms with E-state index >= 15 is 0 Å². The van der Waals surface area contributed by atoms with Crippen molar-refractivity contribution in [3.63, 3.8) is 0 Å². The first kappa shape index (κ1) is 18.3. The second-order valence-corrected chi connectivity index (χ2v) is 13.8. The summed E-state index contributed by atoms with van der Waals surface area (Å²) in [5.74, 6) is 0.